The first-order chi connectivity index (χ1) is 25.0. The van der Waals surface area contributed by atoms with Crippen molar-refractivity contribution >= 4 is 16.1 Å². The third-order valence-corrected chi connectivity index (χ3v) is 10.6. The smallest absolute Gasteiger partial charge is 0.416 e. The van der Waals surface area contributed by atoms with Crippen LogP contribution in [0.4, 0.5) is 18.0 Å². The van der Waals surface area contributed by atoms with E-state index in [1.165, 1.54) is 47.3 Å². The lowest BCUT2D eigenvalue weighted by Crippen LogP contribution is -2.43. The minimum Gasteiger partial charge on any atom is -0.744 e. The zero-order valence-electron chi connectivity index (χ0n) is 29.0. The number of fused-ring (bicyclic) bond motifs is 1. The van der Waals surface area contributed by atoms with E-state index in [1.807, 2.05) is 0 Å². The molecule has 5 aromatic rings. The summed E-state index contributed by atoms with van der Waals surface area (Å²) in [6.45, 7) is 3.64. The SMILES string of the molecule is Cc1c(-c2ccnn2-c2ccc(C#N)cc2)n(C(=O)NC2C[C@@H]3C[N+](C)(C)C[C@H]3C2)c(=O)n1-c1cccc(C(F)(F)F)c1.O=S(=O)([O-])c1ccccc1. The summed E-state index contributed by atoms with van der Waals surface area (Å²) >= 11 is 0. The molecule has 3 heterocycles. The molecule has 12 nitrogen and oxygen atoms in total. The van der Waals surface area contributed by atoms with E-state index < -0.39 is 33.6 Å². The second-order valence-electron chi connectivity index (χ2n) is 13.9. The van der Waals surface area contributed by atoms with Crippen LogP contribution in [-0.4, -0.2) is 75.6 Å². The number of likely N-dealkylation sites (tertiary alicyclic amines) is 1. The number of rotatable bonds is 5. The molecule has 0 radical (unpaired) electrons. The molecule has 2 aliphatic rings. The highest BCUT2D eigenvalue weighted by atomic mass is 32.2. The van der Waals surface area contributed by atoms with Crippen LogP contribution in [0.1, 0.15) is 29.7 Å². The first-order valence-corrected chi connectivity index (χ1v) is 18.1. The van der Waals surface area contributed by atoms with Crippen molar-refractivity contribution in [2.24, 2.45) is 11.8 Å². The summed E-state index contributed by atoms with van der Waals surface area (Å²) in [5, 5.41) is 16.7. The monoisotopic (exact) mass is 747 g/mol. The van der Waals surface area contributed by atoms with Gasteiger partial charge in [-0.25, -0.2) is 27.3 Å². The van der Waals surface area contributed by atoms with Gasteiger partial charge in [-0.05, 0) is 80.4 Å². The van der Waals surface area contributed by atoms with E-state index in [-0.39, 0.29) is 28.0 Å². The average Bonchev–Trinajstić information content (AvgIpc) is 3.85. The number of carbonyl (C=O) groups excluding carboxylic acids is 1. The Kier molecular flexibility index (Phi) is 9.94. The lowest BCUT2D eigenvalue weighted by Gasteiger charge is -2.25. The number of amides is 1. The van der Waals surface area contributed by atoms with E-state index in [4.69, 9.17) is 0 Å². The minimum absolute atomic E-state index is 0.00929. The molecular weight excluding hydrogens is 712 g/mol. The summed E-state index contributed by atoms with van der Waals surface area (Å²) in [6.07, 6.45) is -1.49. The molecule has 7 rings (SSSR count). The Morgan fingerprint density at radius 2 is 1.60 bits per heavy atom. The van der Waals surface area contributed by atoms with E-state index in [0.717, 1.165) is 51.7 Å². The van der Waals surface area contributed by atoms with Gasteiger partial charge in [-0.3, -0.25) is 4.57 Å². The Balaban J connectivity index is 0.000000417. The first-order valence-electron chi connectivity index (χ1n) is 16.7. The Morgan fingerprint density at radius 3 is 2.17 bits per heavy atom. The number of nitrogens with one attached hydrogen (secondary N) is 1. The number of imidazole rings is 1. The Bertz CT molecular complexity index is 2340. The van der Waals surface area contributed by atoms with Crippen LogP contribution in [0.3, 0.4) is 0 Å². The van der Waals surface area contributed by atoms with Crippen LogP contribution in [0.15, 0.2) is 101 Å². The van der Waals surface area contributed by atoms with Crippen LogP contribution in [0.5, 0.6) is 0 Å². The van der Waals surface area contributed by atoms with Gasteiger partial charge in [0.1, 0.15) is 15.8 Å². The van der Waals surface area contributed by atoms with Crippen molar-refractivity contribution in [3.8, 4) is 28.8 Å². The van der Waals surface area contributed by atoms with Crippen molar-refractivity contribution in [3.05, 3.63) is 118 Å². The van der Waals surface area contributed by atoms with Crippen LogP contribution in [0.25, 0.3) is 22.8 Å². The highest BCUT2D eigenvalue weighted by Gasteiger charge is 2.47. The van der Waals surface area contributed by atoms with Gasteiger partial charge < -0.3 is 14.4 Å². The molecule has 1 saturated heterocycles. The predicted octanol–water partition coefficient (Wildman–Crippen LogP) is 5.32. The number of aromatic nitrogens is 4. The van der Waals surface area contributed by atoms with Gasteiger partial charge in [0, 0.05) is 17.9 Å². The van der Waals surface area contributed by atoms with Crippen molar-refractivity contribution < 1.29 is 35.4 Å². The summed E-state index contributed by atoms with van der Waals surface area (Å²) < 4.78 is 76.2. The number of nitriles is 1. The molecule has 1 aliphatic carbocycles. The molecule has 1 saturated carbocycles. The molecule has 1 amide bonds. The van der Waals surface area contributed by atoms with Crippen molar-refractivity contribution in [2.45, 2.75) is 36.9 Å². The highest BCUT2D eigenvalue weighted by Crippen LogP contribution is 2.40. The van der Waals surface area contributed by atoms with Gasteiger partial charge >= 0.3 is 17.9 Å². The molecule has 2 fully saturated rings. The number of halogens is 3. The number of hydrogen-bond acceptors (Lipinski definition) is 7. The Morgan fingerprint density at radius 1 is 0.962 bits per heavy atom. The molecule has 1 aliphatic heterocycles. The fraction of sp³-hybridized carbons (Fsp3) is 0.297. The van der Waals surface area contributed by atoms with Crippen molar-refractivity contribution in [3.63, 3.8) is 0 Å². The van der Waals surface area contributed by atoms with Crippen molar-refractivity contribution in [1.82, 2.24) is 24.2 Å². The molecule has 2 aromatic heterocycles. The topological polar surface area (TPSA) is 155 Å². The molecule has 2 atom stereocenters. The van der Waals surface area contributed by atoms with Gasteiger partial charge in [0.25, 0.3) is 0 Å². The molecule has 0 spiro atoms. The highest BCUT2D eigenvalue weighted by molar-refractivity contribution is 7.85. The number of quaternary nitrogens is 1. The number of nitrogens with zero attached hydrogens (tertiary/aromatic N) is 6. The quantitative estimate of drug-likeness (QED) is 0.189. The standard InChI is InChI=1S/C31H30F3N7O2.C6H6O3S/c1-19-28(27-11-12-36-40(27)25-9-7-20(16-35)8-10-25)39(29(42)37-24-13-21-17-41(2,3)18-22(21)14-24)30(43)38(19)26-6-4-5-23(15-26)31(32,33)34;7-10(8,9)6-4-2-1-3-5-6/h4-12,15,21-22,24H,13-14,17-18H2,1-3H3;1-5H,(H,7,8,9)/t21-,22-;/m1./s1. The second kappa shape index (κ2) is 14.1. The largest absolute Gasteiger partial charge is 0.744 e. The van der Waals surface area contributed by atoms with Crippen LogP contribution in [0.2, 0.25) is 0 Å². The fourth-order valence-electron chi connectivity index (χ4n) is 7.53. The van der Waals surface area contributed by atoms with Gasteiger partial charge in [-0.1, -0.05) is 24.3 Å². The van der Waals surface area contributed by atoms with Crippen LogP contribution in [0, 0.1) is 30.1 Å². The summed E-state index contributed by atoms with van der Waals surface area (Å²) in [4.78, 5) is 27.8. The average molecular weight is 748 g/mol. The van der Waals surface area contributed by atoms with E-state index in [0.29, 0.717) is 28.8 Å². The normalized spacial score (nSPS) is 18.2. The minimum atomic E-state index is -4.61. The number of carbonyl (C=O) groups is 1. The van der Waals surface area contributed by atoms with Crippen LogP contribution in [-0.2, 0) is 16.3 Å². The molecule has 53 heavy (non-hydrogen) atoms. The maximum Gasteiger partial charge on any atom is 0.416 e. The predicted molar refractivity (Wildman–Crippen MR) is 187 cm³/mol. The first kappa shape index (κ1) is 37.3. The van der Waals surface area contributed by atoms with Gasteiger partial charge in [0.15, 0.2) is 0 Å². The van der Waals surface area contributed by atoms with Crippen LogP contribution < -0.4 is 11.0 Å². The third-order valence-electron chi connectivity index (χ3n) is 9.70. The van der Waals surface area contributed by atoms with Crippen LogP contribution >= 0.6 is 0 Å². The number of benzene rings is 3. The summed E-state index contributed by atoms with van der Waals surface area (Å²) in [5.41, 5.74) is 0.199. The van der Waals surface area contributed by atoms with Gasteiger partial charge in [-0.2, -0.15) is 23.5 Å². The van der Waals surface area contributed by atoms with Crippen molar-refractivity contribution in [1.29, 1.82) is 5.26 Å². The van der Waals surface area contributed by atoms with Gasteiger partial charge in [0.05, 0.1) is 78.2 Å². The van der Waals surface area contributed by atoms with E-state index in [1.54, 1.807) is 43.3 Å². The Labute approximate surface area is 303 Å². The molecule has 16 heteroatoms. The van der Waals surface area contributed by atoms with E-state index in [9.17, 15) is 41.0 Å². The lowest BCUT2D eigenvalue weighted by atomic mass is 10.0. The van der Waals surface area contributed by atoms with Gasteiger partial charge in [-0.15, -0.1) is 0 Å². The molecule has 276 valence electrons. The Hall–Kier alpha value is -5.50. The maximum atomic E-state index is 14.0. The van der Waals surface area contributed by atoms with E-state index >= 15 is 0 Å². The summed E-state index contributed by atoms with van der Waals surface area (Å²) in [5.74, 6) is 0.955. The number of hydrogen-bond donors (Lipinski definition) is 1. The zero-order valence-corrected chi connectivity index (χ0v) is 29.8. The summed E-state index contributed by atoms with van der Waals surface area (Å²) in [7, 11) is 0.152. The fourth-order valence-corrected chi connectivity index (χ4v) is 8.02. The lowest BCUT2D eigenvalue weighted by molar-refractivity contribution is -0.881. The third kappa shape index (κ3) is 7.82. The number of alkyl halides is 3. The molecule has 1 N–H and O–H groups in total. The zero-order chi connectivity index (χ0) is 38.3. The molecule has 0 unspecified atom stereocenters. The molecule has 0 bridgehead atoms. The van der Waals surface area contributed by atoms with Gasteiger partial charge in [0.2, 0.25) is 0 Å². The maximum absolute atomic E-state index is 14.0. The van der Waals surface area contributed by atoms with E-state index in [2.05, 4.69) is 30.6 Å². The summed E-state index contributed by atoms with van der Waals surface area (Å²) in [6, 6.07) is 21.2. The molecular formula is C37H36F3N7O5S. The van der Waals surface area contributed by atoms with Crippen molar-refractivity contribution in [2.75, 3.05) is 27.2 Å². The molecule has 3 aromatic carbocycles. The second-order valence-corrected chi connectivity index (χ2v) is 15.3.